The van der Waals surface area contributed by atoms with Crippen LogP contribution in [0.2, 0.25) is 0 Å². The number of hydrogen-bond donors (Lipinski definition) is 0. The fraction of sp³-hybridized carbons (Fsp3) is 0.917. The van der Waals surface area contributed by atoms with Crippen molar-refractivity contribution in [3.63, 3.8) is 0 Å². The number of carbonyl (C=O) groups excluding carboxylic acids is 1. The van der Waals surface area contributed by atoms with Gasteiger partial charge >= 0.3 is 5.97 Å². The molecule has 1 fully saturated rings. The molecule has 1 unspecified atom stereocenters. The normalized spacial score (nSPS) is 21.5. The minimum Gasteiger partial charge on any atom is -0.468 e. The highest BCUT2D eigenvalue weighted by atomic mass is 16.5. The van der Waals surface area contributed by atoms with Crippen LogP contribution in [0.15, 0.2) is 0 Å². The van der Waals surface area contributed by atoms with Crippen molar-refractivity contribution in [3.8, 4) is 0 Å². The van der Waals surface area contributed by atoms with Crippen LogP contribution < -0.4 is 0 Å². The number of carbonyl (C=O) groups is 1. The molecule has 0 aromatic heterocycles. The molecule has 1 aliphatic rings. The van der Waals surface area contributed by atoms with E-state index in [4.69, 9.17) is 4.74 Å². The second-order valence-corrected chi connectivity index (χ2v) is 4.75. The van der Waals surface area contributed by atoms with Gasteiger partial charge in [-0.15, -0.1) is 0 Å². The third kappa shape index (κ3) is 3.82. The maximum atomic E-state index is 11.3. The molecule has 1 aliphatic heterocycles. The van der Waals surface area contributed by atoms with Gasteiger partial charge in [0, 0.05) is 6.54 Å². The van der Waals surface area contributed by atoms with E-state index in [0.29, 0.717) is 0 Å². The second-order valence-electron chi connectivity index (χ2n) is 4.75. The van der Waals surface area contributed by atoms with Crippen molar-refractivity contribution in [1.82, 2.24) is 4.90 Å². The van der Waals surface area contributed by atoms with Gasteiger partial charge in [-0.1, -0.05) is 26.7 Å². The number of ether oxygens (including phenoxy) is 1. The molecule has 0 aromatic rings. The van der Waals surface area contributed by atoms with Gasteiger partial charge in [0.1, 0.15) is 6.04 Å². The van der Waals surface area contributed by atoms with E-state index in [2.05, 4.69) is 18.7 Å². The highest BCUT2D eigenvalue weighted by Gasteiger charge is 2.34. The Bertz CT molecular complexity index is 204. The van der Waals surface area contributed by atoms with Crippen LogP contribution >= 0.6 is 0 Å². The lowest BCUT2D eigenvalue weighted by Crippen LogP contribution is -2.52. The van der Waals surface area contributed by atoms with Gasteiger partial charge in [0.2, 0.25) is 0 Å². The molecule has 3 heteroatoms. The summed E-state index contributed by atoms with van der Waals surface area (Å²) in [4.78, 5) is 13.5. The van der Waals surface area contributed by atoms with Gasteiger partial charge in [0.05, 0.1) is 7.11 Å². The summed E-state index contributed by atoms with van der Waals surface area (Å²) in [6, 6.07) is 0.0500. The predicted octanol–water partition coefficient (Wildman–Crippen LogP) is 2.06. The fourth-order valence-corrected chi connectivity index (χ4v) is 1.98. The molecule has 1 heterocycles. The van der Waals surface area contributed by atoms with Gasteiger partial charge < -0.3 is 4.74 Å². The van der Waals surface area contributed by atoms with Gasteiger partial charge in [-0.3, -0.25) is 9.69 Å². The number of unbranched alkanes of at least 4 members (excludes halogenated alkanes) is 1. The lowest BCUT2D eigenvalue weighted by Gasteiger charge is -2.38. The zero-order valence-electron chi connectivity index (χ0n) is 10.2. The van der Waals surface area contributed by atoms with Crippen LogP contribution in [0, 0.1) is 5.92 Å². The minimum absolute atomic E-state index is 0.0500. The van der Waals surface area contributed by atoms with Crippen molar-refractivity contribution in [2.75, 3.05) is 20.2 Å². The maximum Gasteiger partial charge on any atom is 0.323 e. The number of methoxy groups -OCH3 is 1. The first-order chi connectivity index (χ1) is 7.15. The van der Waals surface area contributed by atoms with E-state index < -0.39 is 0 Å². The molecule has 0 N–H and O–H groups in total. The van der Waals surface area contributed by atoms with E-state index in [1.54, 1.807) is 0 Å². The Kier molecular flexibility index (Phi) is 5.09. The molecule has 0 aliphatic carbocycles. The van der Waals surface area contributed by atoms with Crippen LogP contribution in [0.3, 0.4) is 0 Å². The van der Waals surface area contributed by atoms with Crippen molar-refractivity contribution in [2.24, 2.45) is 5.92 Å². The van der Waals surface area contributed by atoms with E-state index in [1.807, 2.05) is 0 Å². The van der Waals surface area contributed by atoms with Crippen molar-refractivity contribution < 1.29 is 9.53 Å². The van der Waals surface area contributed by atoms with Crippen molar-refractivity contribution in [3.05, 3.63) is 0 Å². The highest BCUT2D eigenvalue weighted by molar-refractivity contribution is 5.76. The van der Waals surface area contributed by atoms with Crippen molar-refractivity contribution in [1.29, 1.82) is 0 Å². The Balaban J connectivity index is 2.09. The summed E-state index contributed by atoms with van der Waals surface area (Å²) in [5.41, 5.74) is 0. The summed E-state index contributed by atoms with van der Waals surface area (Å²) in [6.07, 6.45) is 4.72. The first-order valence-corrected chi connectivity index (χ1v) is 5.97. The zero-order chi connectivity index (χ0) is 11.3. The van der Waals surface area contributed by atoms with E-state index in [1.165, 1.54) is 26.4 Å². The minimum atomic E-state index is -0.0647. The molecule has 1 rings (SSSR count). The SMILES string of the molecule is COC(=O)C1CCN1CCCCC(C)C. The van der Waals surface area contributed by atoms with Gasteiger partial charge in [-0.05, 0) is 25.3 Å². The lowest BCUT2D eigenvalue weighted by molar-refractivity contribution is -0.151. The summed E-state index contributed by atoms with van der Waals surface area (Å²) in [6.45, 7) is 6.61. The van der Waals surface area contributed by atoms with Gasteiger partial charge in [-0.2, -0.15) is 0 Å². The number of likely N-dealkylation sites (tertiary alicyclic amines) is 1. The highest BCUT2D eigenvalue weighted by Crippen LogP contribution is 2.19. The predicted molar refractivity (Wildman–Crippen MR) is 60.7 cm³/mol. The molecule has 0 amide bonds. The first kappa shape index (κ1) is 12.5. The van der Waals surface area contributed by atoms with Crippen molar-refractivity contribution in [2.45, 2.75) is 45.6 Å². The number of esters is 1. The molecule has 15 heavy (non-hydrogen) atoms. The summed E-state index contributed by atoms with van der Waals surface area (Å²) < 4.78 is 4.75. The summed E-state index contributed by atoms with van der Waals surface area (Å²) in [5, 5.41) is 0. The quantitative estimate of drug-likeness (QED) is 0.499. The topological polar surface area (TPSA) is 29.5 Å². The Morgan fingerprint density at radius 3 is 2.67 bits per heavy atom. The molecule has 1 atom stereocenters. The summed E-state index contributed by atoms with van der Waals surface area (Å²) >= 11 is 0. The van der Waals surface area contributed by atoms with Gasteiger partial charge in [0.15, 0.2) is 0 Å². The fourth-order valence-electron chi connectivity index (χ4n) is 1.98. The van der Waals surface area contributed by atoms with E-state index in [-0.39, 0.29) is 12.0 Å². The molecular weight excluding hydrogens is 190 g/mol. The van der Waals surface area contributed by atoms with Gasteiger partial charge in [-0.25, -0.2) is 0 Å². The third-order valence-electron chi connectivity index (χ3n) is 3.08. The third-order valence-corrected chi connectivity index (χ3v) is 3.08. The second kappa shape index (κ2) is 6.11. The van der Waals surface area contributed by atoms with Crippen LogP contribution in [-0.2, 0) is 9.53 Å². The standard InChI is InChI=1S/C12H23NO2/c1-10(2)6-4-5-8-13-9-7-11(13)12(14)15-3/h10-11H,4-9H2,1-3H3. The number of nitrogens with zero attached hydrogens (tertiary/aromatic N) is 1. The van der Waals surface area contributed by atoms with E-state index in [9.17, 15) is 4.79 Å². The number of hydrogen-bond acceptors (Lipinski definition) is 3. The van der Waals surface area contributed by atoms with E-state index in [0.717, 1.165) is 25.4 Å². The average molecular weight is 213 g/mol. The molecular formula is C12H23NO2. The lowest BCUT2D eigenvalue weighted by atomic mass is 10.0. The summed E-state index contributed by atoms with van der Waals surface area (Å²) in [7, 11) is 1.47. The molecule has 0 saturated carbocycles. The number of rotatable bonds is 6. The van der Waals surface area contributed by atoms with Crippen molar-refractivity contribution >= 4 is 5.97 Å². The van der Waals surface area contributed by atoms with Crippen LogP contribution in [0.1, 0.15) is 39.5 Å². The van der Waals surface area contributed by atoms with E-state index >= 15 is 0 Å². The smallest absolute Gasteiger partial charge is 0.323 e. The average Bonchev–Trinajstić information content (AvgIpc) is 2.15. The van der Waals surface area contributed by atoms with Crippen LogP contribution in [-0.4, -0.2) is 37.1 Å². The molecule has 0 spiro atoms. The Morgan fingerprint density at radius 2 is 2.20 bits per heavy atom. The van der Waals surface area contributed by atoms with Crippen LogP contribution in [0.25, 0.3) is 0 Å². The molecule has 0 bridgehead atoms. The maximum absolute atomic E-state index is 11.3. The largest absolute Gasteiger partial charge is 0.468 e. The monoisotopic (exact) mass is 213 g/mol. The molecule has 0 radical (unpaired) electrons. The molecule has 3 nitrogen and oxygen atoms in total. The Labute approximate surface area is 92.8 Å². The Hall–Kier alpha value is -0.570. The molecule has 88 valence electrons. The first-order valence-electron chi connectivity index (χ1n) is 5.97. The molecule has 1 saturated heterocycles. The van der Waals surface area contributed by atoms with Crippen LogP contribution in [0.4, 0.5) is 0 Å². The zero-order valence-corrected chi connectivity index (χ0v) is 10.2. The van der Waals surface area contributed by atoms with Crippen LogP contribution in [0.5, 0.6) is 0 Å². The Morgan fingerprint density at radius 1 is 1.47 bits per heavy atom. The van der Waals surface area contributed by atoms with Gasteiger partial charge in [0.25, 0.3) is 0 Å². The summed E-state index contributed by atoms with van der Waals surface area (Å²) in [5.74, 6) is 0.725. The molecule has 0 aromatic carbocycles.